The Morgan fingerprint density at radius 3 is 2.89 bits per heavy atom. The van der Waals surface area contributed by atoms with Crippen LogP contribution < -0.4 is 14.5 Å². The Labute approximate surface area is 165 Å². The largest absolute Gasteiger partial charge is 0.492 e. The van der Waals surface area contributed by atoms with Gasteiger partial charge in [-0.2, -0.15) is 0 Å². The van der Waals surface area contributed by atoms with Crippen molar-refractivity contribution in [3.05, 3.63) is 18.2 Å². The molecular weight excluding hydrogens is 362 g/mol. The predicted octanol–water partition coefficient (Wildman–Crippen LogP) is 2.13. The second-order valence-electron chi connectivity index (χ2n) is 6.79. The summed E-state index contributed by atoms with van der Waals surface area (Å²) >= 11 is 1.57. The molecule has 0 aliphatic carbocycles. The molecule has 0 unspecified atom stereocenters. The lowest BCUT2D eigenvalue weighted by molar-refractivity contribution is -0.908. The first-order valence-corrected chi connectivity index (χ1v) is 10.8. The highest BCUT2D eigenvalue weighted by atomic mass is 32.1. The summed E-state index contributed by atoms with van der Waals surface area (Å²) < 4.78 is 12.2. The van der Waals surface area contributed by atoms with Crippen LogP contribution in [0.5, 0.6) is 5.75 Å². The third-order valence-electron chi connectivity index (χ3n) is 4.78. The predicted molar refractivity (Wildman–Crippen MR) is 109 cm³/mol. The molecule has 1 aliphatic heterocycles. The number of para-hydroxylation sites is 1. The number of nitrogens with one attached hydrogen (secondary N) is 1. The van der Waals surface area contributed by atoms with Crippen LogP contribution in [0.1, 0.15) is 33.1 Å². The number of carbonyl (C=O) groups is 1. The number of benzene rings is 1. The summed E-state index contributed by atoms with van der Waals surface area (Å²) in [5.41, 5.74) is 0.854. The van der Waals surface area contributed by atoms with E-state index in [1.165, 1.54) is 0 Å². The standard InChI is InChI=1S/C20H29N3O3S/c1-3-7-18(24)23(11-6-10-22-12-14-25-15-13-22)20-21-19-16(26-4-2)8-5-9-17(19)27-20/h5,8-9H,3-4,6-7,10-15H2,1-2H3/p+1. The van der Waals surface area contributed by atoms with Crippen molar-refractivity contribution in [2.75, 3.05) is 50.9 Å². The van der Waals surface area contributed by atoms with Gasteiger partial charge >= 0.3 is 0 Å². The highest BCUT2D eigenvalue weighted by Gasteiger charge is 2.21. The van der Waals surface area contributed by atoms with Gasteiger partial charge in [0, 0.05) is 19.4 Å². The summed E-state index contributed by atoms with van der Waals surface area (Å²) in [6.07, 6.45) is 2.37. The Kier molecular flexibility index (Phi) is 7.43. The van der Waals surface area contributed by atoms with Gasteiger partial charge in [-0.25, -0.2) is 4.98 Å². The molecule has 1 aliphatic rings. The zero-order chi connectivity index (χ0) is 19.1. The number of amides is 1. The molecule has 1 fully saturated rings. The van der Waals surface area contributed by atoms with Crippen LogP contribution in [0.25, 0.3) is 10.2 Å². The fourth-order valence-corrected chi connectivity index (χ4v) is 4.40. The summed E-state index contributed by atoms with van der Waals surface area (Å²) in [7, 11) is 0. The van der Waals surface area contributed by atoms with Crippen molar-refractivity contribution in [3.8, 4) is 5.75 Å². The fourth-order valence-electron chi connectivity index (χ4n) is 3.37. The van der Waals surface area contributed by atoms with Crippen LogP contribution in [0, 0.1) is 0 Å². The molecule has 0 bridgehead atoms. The van der Waals surface area contributed by atoms with Crippen LogP contribution in [0.2, 0.25) is 0 Å². The van der Waals surface area contributed by atoms with Crippen molar-refractivity contribution >= 4 is 32.6 Å². The number of anilines is 1. The lowest BCUT2D eigenvalue weighted by Crippen LogP contribution is -3.14. The zero-order valence-corrected chi connectivity index (χ0v) is 17.1. The van der Waals surface area contributed by atoms with E-state index < -0.39 is 0 Å². The summed E-state index contributed by atoms with van der Waals surface area (Å²) in [6.45, 7) is 10.2. The quantitative estimate of drug-likeness (QED) is 0.710. The first kappa shape index (κ1) is 20.0. The molecule has 7 heteroatoms. The molecule has 0 spiro atoms. The first-order valence-electron chi connectivity index (χ1n) is 9.97. The number of hydrogen-bond acceptors (Lipinski definition) is 5. The number of carbonyl (C=O) groups excluding carboxylic acids is 1. The van der Waals surface area contributed by atoms with Crippen LogP contribution in [0.3, 0.4) is 0 Å². The van der Waals surface area contributed by atoms with Crippen molar-refractivity contribution in [1.29, 1.82) is 0 Å². The molecule has 1 N–H and O–H groups in total. The third kappa shape index (κ3) is 5.18. The molecule has 0 atom stereocenters. The van der Waals surface area contributed by atoms with E-state index >= 15 is 0 Å². The van der Waals surface area contributed by atoms with E-state index in [2.05, 4.69) is 0 Å². The number of thiazole rings is 1. The normalized spacial score (nSPS) is 15.2. The van der Waals surface area contributed by atoms with Crippen molar-refractivity contribution in [3.63, 3.8) is 0 Å². The molecule has 2 aromatic rings. The Morgan fingerprint density at radius 2 is 2.15 bits per heavy atom. The Hall–Kier alpha value is -1.70. The Bertz CT molecular complexity index is 743. The van der Waals surface area contributed by atoms with Gasteiger partial charge in [-0.15, -0.1) is 0 Å². The molecule has 148 valence electrons. The summed E-state index contributed by atoms with van der Waals surface area (Å²) in [6, 6.07) is 5.96. The van der Waals surface area contributed by atoms with Gasteiger partial charge < -0.3 is 14.4 Å². The van der Waals surface area contributed by atoms with E-state index in [4.69, 9.17) is 14.5 Å². The second-order valence-corrected chi connectivity index (χ2v) is 7.80. The lowest BCUT2D eigenvalue weighted by Gasteiger charge is -2.25. The van der Waals surface area contributed by atoms with Gasteiger partial charge in [-0.3, -0.25) is 9.69 Å². The van der Waals surface area contributed by atoms with Crippen LogP contribution in [0.15, 0.2) is 18.2 Å². The molecule has 3 rings (SSSR count). The number of rotatable bonds is 9. The maximum Gasteiger partial charge on any atom is 0.228 e. The molecule has 2 heterocycles. The van der Waals surface area contributed by atoms with Crippen molar-refractivity contribution < 1.29 is 19.2 Å². The average molecular weight is 393 g/mol. The van der Waals surface area contributed by atoms with E-state index in [-0.39, 0.29) is 5.91 Å². The van der Waals surface area contributed by atoms with Crippen LogP contribution >= 0.6 is 11.3 Å². The molecule has 0 saturated carbocycles. The van der Waals surface area contributed by atoms with Crippen molar-refractivity contribution in [2.45, 2.75) is 33.1 Å². The Morgan fingerprint density at radius 1 is 1.33 bits per heavy atom. The van der Waals surface area contributed by atoms with Crippen LogP contribution in [-0.2, 0) is 9.53 Å². The van der Waals surface area contributed by atoms with Gasteiger partial charge in [-0.05, 0) is 25.5 Å². The molecular formula is C20H30N3O3S+. The van der Waals surface area contributed by atoms with Gasteiger partial charge in [0.05, 0.1) is 31.1 Å². The molecule has 0 radical (unpaired) electrons. The molecule has 1 aromatic heterocycles. The minimum Gasteiger partial charge on any atom is -0.492 e. The van der Waals surface area contributed by atoms with Gasteiger partial charge in [0.25, 0.3) is 0 Å². The lowest BCUT2D eigenvalue weighted by atomic mass is 10.2. The van der Waals surface area contributed by atoms with Crippen molar-refractivity contribution in [1.82, 2.24) is 4.98 Å². The topological polar surface area (TPSA) is 56.1 Å². The van der Waals surface area contributed by atoms with E-state index in [1.807, 2.05) is 36.9 Å². The van der Waals surface area contributed by atoms with Gasteiger partial charge in [0.1, 0.15) is 24.4 Å². The van der Waals surface area contributed by atoms with E-state index in [9.17, 15) is 4.79 Å². The molecule has 1 amide bonds. The summed E-state index contributed by atoms with van der Waals surface area (Å²) in [5, 5.41) is 0.785. The van der Waals surface area contributed by atoms with Gasteiger partial charge in [-0.1, -0.05) is 24.3 Å². The van der Waals surface area contributed by atoms with E-state index in [0.29, 0.717) is 19.6 Å². The first-order chi connectivity index (χ1) is 13.2. The minimum absolute atomic E-state index is 0.159. The number of ether oxygens (including phenoxy) is 2. The van der Waals surface area contributed by atoms with Crippen molar-refractivity contribution in [2.24, 2.45) is 0 Å². The summed E-state index contributed by atoms with van der Waals surface area (Å²) in [4.78, 5) is 21.0. The van der Waals surface area contributed by atoms with Gasteiger partial charge in [0.15, 0.2) is 5.13 Å². The minimum atomic E-state index is 0.159. The maximum atomic E-state index is 12.7. The SMILES string of the molecule is CCCC(=O)N(CCC[NH+]1CCOCC1)c1nc2c(OCC)cccc2s1. The average Bonchev–Trinajstić information content (AvgIpc) is 3.11. The third-order valence-corrected chi connectivity index (χ3v) is 5.82. The number of fused-ring (bicyclic) bond motifs is 1. The molecule has 1 aromatic carbocycles. The highest BCUT2D eigenvalue weighted by molar-refractivity contribution is 7.22. The van der Waals surface area contributed by atoms with Gasteiger partial charge in [0.2, 0.25) is 5.91 Å². The maximum absolute atomic E-state index is 12.7. The molecule has 1 saturated heterocycles. The number of nitrogens with zero attached hydrogens (tertiary/aromatic N) is 2. The summed E-state index contributed by atoms with van der Waals surface area (Å²) in [5.74, 6) is 0.949. The zero-order valence-electron chi connectivity index (χ0n) is 16.3. The smallest absolute Gasteiger partial charge is 0.228 e. The molecule has 6 nitrogen and oxygen atoms in total. The van der Waals surface area contributed by atoms with E-state index in [0.717, 1.165) is 66.8 Å². The number of morpholine rings is 1. The molecule has 27 heavy (non-hydrogen) atoms. The monoisotopic (exact) mass is 392 g/mol. The van der Waals surface area contributed by atoms with E-state index in [1.54, 1.807) is 16.2 Å². The fraction of sp³-hybridized carbons (Fsp3) is 0.600. The highest BCUT2D eigenvalue weighted by Crippen LogP contribution is 2.34. The number of hydrogen-bond donors (Lipinski definition) is 1. The van der Waals surface area contributed by atoms with Crippen LogP contribution in [0.4, 0.5) is 5.13 Å². The number of quaternary nitrogens is 1. The second kappa shape index (κ2) is 10.0. The van der Waals surface area contributed by atoms with Crippen LogP contribution in [-0.4, -0.2) is 56.9 Å². The number of aromatic nitrogens is 1. The Balaban J connectivity index is 1.74.